The minimum Gasteiger partial charge on any atom is -0.370 e. The first-order valence-electron chi connectivity index (χ1n) is 5.67. The molecule has 0 bridgehead atoms. The van der Waals surface area contributed by atoms with Crippen molar-refractivity contribution in [3.8, 4) is 0 Å². The summed E-state index contributed by atoms with van der Waals surface area (Å²) in [5, 5.41) is 3.30. The van der Waals surface area contributed by atoms with E-state index in [0.717, 1.165) is 24.9 Å². The van der Waals surface area contributed by atoms with Gasteiger partial charge in [0.05, 0.1) is 0 Å². The zero-order chi connectivity index (χ0) is 10.4. The second-order valence-corrected chi connectivity index (χ2v) is 4.55. The molecule has 0 aromatic rings. The summed E-state index contributed by atoms with van der Waals surface area (Å²) < 4.78 is 0. The number of nitrogens with one attached hydrogen (secondary N) is 1. The van der Waals surface area contributed by atoms with Gasteiger partial charge < -0.3 is 11.1 Å². The van der Waals surface area contributed by atoms with Crippen molar-refractivity contribution in [1.29, 1.82) is 0 Å². The van der Waals surface area contributed by atoms with Crippen LogP contribution in [-0.2, 0) is 4.79 Å². The van der Waals surface area contributed by atoms with Crippen LogP contribution >= 0.6 is 0 Å². The Balaban J connectivity index is 1.99. The maximum Gasteiger partial charge on any atom is 0.218 e. The highest BCUT2D eigenvalue weighted by Crippen LogP contribution is 2.27. The van der Waals surface area contributed by atoms with Gasteiger partial charge in [-0.3, -0.25) is 4.79 Å². The predicted molar refractivity (Wildman–Crippen MR) is 57.8 cm³/mol. The largest absolute Gasteiger partial charge is 0.370 e. The molecule has 1 aliphatic carbocycles. The molecular weight excluding hydrogens is 176 g/mol. The van der Waals surface area contributed by atoms with Gasteiger partial charge in [0.1, 0.15) is 0 Å². The Morgan fingerprint density at radius 2 is 2.00 bits per heavy atom. The van der Waals surface area contributed by atoms with Crippen molar-refractivity contribution in [1.82, 2.24) is 5.32 Å². The third-order valence-corrected chi connectivity index (χ3v) is 3.12. The maximum absolute atomic E-state index is 10.5. The van der Waals surface area contributed by atoms with Crippen LogP contribution in [0.25, 0.3) is 0 Å². The molecule has 0 atom stereocenters. The second kappa shape index (κ2) is 6.02. The lowest BCUT2D eigenvalue weighted by Crippen LogP contribution is -2.28. The number of carbonyl (C=O) groups excluding carboxylic acids is 1. The molecule has 1 saturated carbocycles. The van der Waals surface area contributed by atoms with Crippen LogP contribution in [-0.4, -0.2) is 19.0 Å². The average molecular weight is 198 g/mol. The molecule has 1 amide bonds. The quantitative estimate of drug-likeness (QED) is 0.654. The number of amides is 1. The lowest BCUT2D eigenvalue weighted by Gasteiger charge is -2.26. The van der Waals surface area contributed by atoms with E-state index >= 15 is 0 Å². The van der Waals surface area contributed by atoms with Crippen molar-refractivity contribution in [3.05, 3.63) is 0 Å². The predicted octanol–water partition coefficient (Wildman–Crippen LogP) is 1.28. The molecule has 1 rings (SSSR count). The van der Waals surface area contributed by atoms with Gasteiger partial charge in [-0.15, -0.1) is 0 Å². The number of hydrogen-bond acceptors (Lipinski definition) is 2. The van der Waals surface area contributed by atoms with Crippen molar-refractivity contribution in [2.45, 2.75) is 39.0 Å². The van der Waals surface area contributed by atoms with Gasteiger partial charge in [-0.05, 0) is 31.2 Å². The summed E-state index contributed by atoms with van der Waals surface area (Å²) in [5.41, 5.74) is 5.05. The molecule has 0 aliphatic heterocycles. The fraction of sp³-hybridized carbons (Fsp3) is 0.909. The Kier molecular flexibility index (Phi) is 4.94. The zero-order valence-electron chi connectivity index (χ0n) is 9.09. The van der Waals surface area contributed by atoms with E-state index in [2.05, 4.69) is 12.2 Å². The van der Waals surface area contributed by atoms with Gasteiger partial charge in [-0.2, -0.15) is 0 Å². The minimum absolute atomic E-state index is 0.213. The lowest BCUT2D eigenvalue weighted by atomic mass is 9.83. The fourth-order valence-corrected chi connectivity index (χ4v) is 2.05. The van der Waals surface area contributed by atoms with Gasteiger partial charge in [0.15, 0.2) is 0 Å². The van der Waals surface area contributed by atoms with Gasteiger partial charge in [0, 0.05) is 13.0 Å². The first kappa shape index (κ1) is 11.5. The van der Waals surface area contributed by atoms with Crippen molar-refractivity contribution in [2.24, 2.45) is 17.6 Å². The summed E-state index contributed by atoms with van der Waals surface area (Å²) in [7, 11) is 0. The molecule has 3 nitrogen and oxygen atoms in total. The molecule has 3 N–H and O–H groups in total. The zero-order valence-corrected chi connectivity index (χ0v) is 9.09. The van der Waals surface area contributed by atoms with E-state index in [4.69, 9.17) is 5.73 Å². The molecule has 3 heteroatoms. The number of carbonyl (C=O) groups is 1. The summed E-state index contributed by atoms with van der Waals surface area (Å²) in [6.45, 7) is 4.12. The van der Waals surface area contributed by atoms with E-state index in [1.807, 2.05) is 0 Å². The fourth-order valence-electron chi connectivity index (χ4n) is 2.05. The van der Waals surface area contributed by atoms with E-state index in [1.54, 1.807) is 0 Å². The van der Waals surface area contributed by atoms with E-state index in [0.29, 0.717) is 6.42 Å². The summed E-state index contributed by atoms with van der Waals surface area (Å²) >= 11 is 0. The summed E-state index contributed by atoms with van der Waals surface area (Å²) in [6, 6.07) is 0. The van der Waals surface area contributed by atoms with Gasteiger partial charge >= 0.3 is 0 Å². The Bertz CT molecular complexity index is 174. The Labute approximate surface area is 86.4 Å². The van der Waals surface area contributed by atoms with Crippen LogP contribution in [0.3, 0.4) is 0 Å². The second-order valence-electron chi connectivity index (χ2n) is 4.55. The normalized spacial score (nSPS) is 27.5. The van der Waals surface area contributed by atoms with Crippen LogP contribution in [0.5, 0.6) is 0 Å². The molecule has 0 aromatic carbocycles. The monoisotopic (exact) mass is 198 g/mol. The maximum atomic E-state index is 10.5. The van der Waals surface area contributed by atoms with Crippen molar-refractivity contribution in [3.63, 3.8) is 0 Å². The smallest absolute Gasteiger partial charge is 0.218 e. The molecule has 14 heavy (non-hydrogen) atoms. The standard InChI is InChI=1S/C11H22N2O/c1-9-2-4-10(5-3-9)8-13-7-6-11(12)14/h9-10,13H,2-8H2,1H3,(H2,12,14). The van der Waals surface area contributed by atoms with Crippen LogP contribution in [0.1, 0.15) is 39.0 Å². The van der Waals surface area contributed by atoms with E-state index < -0.39 is 0 Å². The third-order valence-electron chi connectivity index (χ3n) is 3.12. The van der Waals surface area contributed by atoms with E-state index in [-0.39, 0.29) is 5.91 Å². The average Bonchev–Trinajstić information content (AvgIpc) is 2.15. The topological polar surface area (TPSA) is 55.1 Å². The summed E-state index contributed by atoms with van der Waals surface area (Å²) in [4.78, 5) is 10.5. The third kappa shape index (κ3) is 4.61. The first-order chi connectivity index (χ1) is 6.68. The van der Waals surface area contributed by atoms with E-state index in [1.165, 1.54) is 25.7 Å². The highest BCUT2D eigenvalue weighted by Gasteiger charge is 2.17. The van der Waals surface area contributed by atoms with Gasteiger partial charge in [0.2, 0.25) is 5.91 Å². The van der Waals surface area contributed by atoms with Crippen LogP contribution in [0.4, 0.5) is 0 Å². The van der Waals surface area contributed by atoms with E-state index in [9.17, 15) is 4.79 Å². The van der Waals surface area contributed by atoms with Crippen LogP contribution in [0.2, 0.25) is 0 Å². The van der Waals surface area contributed by atoms with Crippen LogP contribution in [0.15, 0.2) is 0 Å². The number of rotatable bonds is 5. The summed E-state index contributed by atoms with van der Waals surface area (Å²) in [6.07, 6.45) is 5.86. The van der Waals surface area contributed by atoms with Gasteiger partial charge in [0.25, 0.3) is 0 Å². The highest BCUT2D eigenvalue weighted by atomic mass is 16.1. The van der Waals surface area contributed by atoms with Gasteiger partial charge in [-0.1, -0.05) is 19.8 Å². The Hall–Kier alpha value is -0.570. The first-order valence-corrected chi connectivity index (χ1v) is 5.67. The molecule has 0 radical (unpaired) electrons. The molecule has 1 fully saturated rings. The number of primary amides is 1. The Morgan fingerprint density at radius 3 is 2.57 bits per heavy atom. The summed E-state index contributed by atoms with van der Waals surface area (Å²) in [5.74, 6) is 1.52. The minimum atomic E-state index is -0.213. The molecule has 0 heterocycles. The Morgan fingerprint density at radius 1 is 1.36 bits per heavy atom. The van der Waals surface area contributed by atoms with Crippen molar-refractivity contribution in [2.75, 3.05) is 13.1 Å². The van der Waals surface area contributed by atoms with Crippen molar-refractivity contribution < 1.29 is 4.79 Å². The van der Waals surface area contributed by atoms with Crippen LogP contribution in [0, 0.1) is 11.8 Å². The lowest BCUT2D eigenvalue weighted by molar-refractivity contribution is -0.117. The molecule has 0 aromatic heterocycles. The number of hydrogen-bond donors (Lipinski definition) is 2. The van der Waals surface area contributed by atoms with Gasteiger partial charge in [-0.25, -0.2) is 0 Å². The van der Waals surface area contributed by atoms with Crippen LogP contribution < -0.4 is 11.1 Å². The SMILES string of the molecule is CC1CCC(CNCCC(N)=O)CC1. The molecule has 1 aliphatic rings. The molecule has 0 saturated heterocycles. The molecule has 0 spiro atoms. The van der Waals surface area contributed by atoms with Crippen molar-refractivity contribution >= 4 is 5.91 Å². The molecule has 0 unspecified atom stereocenters. The highest BCUT2D eigenvalue weighted by molar-refractivity contribution is 5.73. The molecule has 82 valence electrons. The molecular formula is C11H22N2O. The number of nitrogens with two attached hydrogens (primary N) is 1.